The Bertz CT molecular complexity index is 1350. The second-order valence-electron chi connectivity index (χ2n) is 7.56. The van der Waals surface area contributed by atoms with Crippen LogP contribution in [0.5, 0.6) is 0 Å². The van der Waals surface area contributed by atoms with E-state index in [1.54, 1.807) is 6.07 Å². The number of hydrogen-bond donors (Lipinski definition) is 0. The summed E-state index contributed by atoms with van der Waals surface area (Å²) >= 11 is 0. The summed E-state index contributed by atoms with van der Waals surface area (Å²) < 4.78 is 95.3. The first-order valence-electron chi connectivity index (χ1n) is 9.85. The van der Waals surface area contributed by atoms with Gasteiger partial charge in [-0.3, -0.25) is 9.10 Å². The van der Waals surface area contributed by atoms with Crippen LogP contribution in [0.3, 0.4) is 0 Å². The van der Waals surface area contributed by atoms with Crippen LogP contribution in [0, 0.1) is 29.1 Å². The highest BCUT2D eigenvalue weighted by Crippen LogP contribution is 2.33. The van der Waals surface area contributed by atoms with Gasteiger partial charge in [0, 0.05) is 25.1 Å². The topological polar surface area (TPSA) is 54.5 Å². The van der Waals surface area contributed by atoms with Crippen molar-refractivity contribution in [3.63, 3.8) is 0 Å². The lowest BCUT2D eigenvalue weighted by molar-refractivity contribution is 0.0984. The average Bonchev–Trinajstić information content (AvgIpc) is 2.74. The lowest BCUT2D eigenvalue weighted by atomic mass is 9.97. The molecule has 0 atom stereocenters. The van der Waals surface area contributed by atoms with Crippen molar-refractivity contribution in [3.05, 3.63) is 94.3 Å². The molecule has 3 aromatic rings. The molecule has 0 spiro atoms. The zero-order chi connectivity index (χ0) is 23.9. The molecule has 4 rings (SSSR count). The van der Waals surface area contributed by atoms with Gasteiger partial charge in [0.25, 0.3) is 10.0 Å². The number of sulfonamides is 1. The van der Waals surface area contributed by atoms with E-state index in [-0.39, 0.29) is 17.8 Å². The molecule has 10 heteroatoms. The van der Waals surface area contributed by atoms with E-state index in [9.17, 15) is 35.2 Å². The van der Waals surface area contributed by atoms with Crippen LogP contribution in [0.15, 0.2) is 53.4 Å². The summed E-state index contributed by atoms with van der Waals surface area (Å²) in [6.45, 7) is 0.0624. The van der Waals surface area contributed by atoms with E-state index < -0.39 is 61.8 Å². The van der Waals surface area contributed by atoms with Crippen molar-refractivity contribution < 1.29 is 35.2 Å². The Balaban J connectivity index is 1.69. The number of fused-ring (bicyclic) bond motifs is 1. The number of Topliss-reactive ketones (excluding diaryl/α,β-unsaturated/α-hetero) is 1. The SMILES string of the molecule is O=C(Cc1ccc2c(c1)N(S(=O)(=O)c1ccc(F)c(F)c1)CCC2)c1c(F)cc(F)cc1F. The number of carbonyl (C=O) groups is 1. The summed E-state index contributed by atoms with van der Waals surface area (Å²) in [5.41, 5.74) is 0.258. The number of nitrogens with zero attached hydrogens (tertiary/aromatic N) is 1. The van der Waals surface area contributed by atoms with Gasteiger partial charge in [-0.05, 0) is 48.2 Å². The van der Waals surface area contributed by atoms with Gasteiger partial charge < -0.3 is 0 Å². The molecule has 4 nitrogen and oxygen atoms in total. The van der Waals surface area contributed by atoms with Crippen molar-refractivity contribution in [1.82, 2.24) is 0 Å². The minimum atomic E-state index is -4.25. The lowest BCUT2D eigenvalue weighted by Crippen LogP contribution is -2.35. The predicted octanol–water partition coefficient (Wildman–Crippen LogP) is 4.95. The van der Waals surface area contributed by atoms with Gasteiger partial charge in [-0.25, -0.2) is 30.4 Å². The molecule has 1 aliphatic rings. The van der Waals surface area contributed by atoms with Crippen LogP contribution in [0.2, 0.25) is 0 Å². The summed E-state index contributed by atoms with van der Waals surface area (Å²) in [6.07, 6.45) is 0.542. The Labute approximate surface area is 186 Å². The highest BCUT2D eigenvalue weighted by atomic mass is 32.2. The van der Waals surface area contributed by atoms with E-state index >= 15 is 0 Å². The first-order valence-corrected chi connectivity index (χ1v) is 11.3. The molecule has 0 N–H and O–H groups in total. The van der Waals surface area contributed by atoms with Crippen molar-refractivity contribution >= 4 is 21.5 Å². The Hall–Kier alpha value is -3.27. The van der Waals surface area contributed by atoms with E-state index in [1.165, 1.54) is 12.1 Å². The zero-order valence-electron chi connectivity index (χ0n) is 16.9. The number of rotatable bonds is 5. The Morgan fingerprint density at radius 2 is 1.55 bits per heavy atom. The third-order valence-corrected chi connectivity index (χ3v) is 7.16. The third kappa shape index (κ3) is 4.35. The maximum atomic E-state index is 14.0. The number of hydrogen-bond acceptors (Lipinski definition) is 3. The maximum absolute atomic E-state index is 14.0. The fourth-order valence-electron chi connectivity index (χ4n) is 3.79. The molecular formula is C23H16F5NO3S. The fourth-order valence-corrected chi connectivity index (χ4v) is 5.34. The van der Waals surface area contributed by atoms with Crippen LogP contribution < -0.4 is 4.31 Å². The molecule has 0 bridgehead atoms. The van der Waals surface area contributed by atoms with Crippen LogP contribution in [0.1, 0.15) is 27.9 Å². The van der Waals surface area contributed by atoms with E-state index in [1.807, 2.05) is 0 Å². The molecule has 172 valence electrons. The first kappa shape index (κ1) is 22.9. The summed E-state index contributed by atoms with van der Waals surface area (Å²) in [5, 5.41) is 0. The lowest BCUT2D eigenvalue weighted by Gasteiger charge is -2.31. The molecule has 1 aliphatic heterocycles. The van der Waals surface area contributed by atoms with Gasteiger partial charge in [0.2, 0.25) is 0 Å². The normalized spacial score (nSPS) is 13.7. The van der Waals surface area contributed by atoms with Crippen LogP contribution in [0.4, 0.5) is 27.6 Å². The van der Waals surface area contributed by atoms with Crippen LogP contribution in [0.25, 0.3) is 0 Å². The minimum Gasteiger partial charge on any atom is -0.294 e. The van der Waals surface area contributed by atoms with Gasteiger partial charge in [0.05, 0.1) is 16.1 Å². The molecular weight excluding hydrogens is 465 g/mol. The van der Waals surface area contributed by atoms with Gasteiger partial charge in [-0.15, -0.1) is 0 Å². The second kappa shape index (κ2) is 8.58. The molecule has 0 unspecified atom stereocenters. The maximum Gasteiger partial charge on any atom is 0.264 e. The highest BCUT2D eigenvalue weighted by molar-refractivity contribution is 7.92. The van der Waals surface area contributed by atoms with Gasteiger partial charge in [-0.2, -0.15) is 0 Å². The molecule has 0 aliphatic carbocycles. The molecule has 33 heavy (non-hydrogen) atoms. The minimum absolute atomic E-state index is 0.0624. The van der Waals surface area contributed by atoms with Crippen molar-refractivity contribution in [1.29, 1.82) is 0 Å². The summed E-state index contributed by atoms with van der Waals surface area (Å²) in [4.78, 5) is 12.1. The number of halogens is 5. The fraction of sp³-hybridized carbons (Fsp3) is 0.174. The van der Waals surface area contributed by atoms with Crippen LogP contribution in [-0.4, -0.2) is 20.7 Å². The summed E-state index contributed by atoms with van der Waals surface area (Å²) in [7, 11) is -4.25. The predicted molar refractivity (Wildman–Crippen MR) is 110 cm³/mol. The molecule has 1 heterocycles. The van der Waals surface area contributed by atoms with Gasteiger partial charge in [-0.1, -0.05) is 12.1 Å². The standard InChI is InChI=1S/C23H16F5NO3S/c24-15-10-19(27)23(20(28)11-15)22(30)9-13-3-4-14-2-1-7-29(21(14)8-13)33(31,32)16-5-6-17(25)18(26)12-16/h3-6,8,10-12H,1-2,7,9H2. The summed E-state index contributed by atoms with van der Waals surface area (Å²) in [5.74, 6) is -7.27. The number of aryl methyl sites for hydroxylation is 1. The van der Waals surface area contributed by atoms with E-state index in [0.717, 1.165) is 10.4 Å². The molecule has 0 saturated carbocycles. The zero-order valence-corrected chi connectivity index (χ0v) is 17.7. The number of carbonyl (C=O) groups excluding carboxylic acids is 1. The molecule has 0 amide bonds. The first-order chi connectivity index (χ1) is 15.6. The number of anilines is 1. The Kier molecular flexibility index (Phi) is 5.96. The van der Waals surface area contributed by atoms with Gasteiger partial charge in [0.1, 0.15) is 17.5 Å². The van der Waals surface area contributed by atoms with Crippen molar-refractivity contribution in [2.75, 3.05) is 10.8 Å². The molecule has 0 radical (unpaired) electrons. The molecule has 0 aromatic heterocycles. The van der Waals surface area contributed by atoms with E-state index in [4.69, 9.17) is 0 Å². The van der Waals surface area contributed by atoms with E-state index in [2.05, 4.69) is 0 Å². The molecule has 0 fully saturated rings. The largest absolute Gasteiger partial charge is 0.294 e. The monoisotopic (exact) mass is 481 g/mol. The van der Waals surface area contributed by atoms with Gasteiger partial charge in [0.15, 0.2) is 17.4 Å². The van der Waals surface area contributed by atoms with Crippen LogP contribution >= 0.6 is 0 Å². The van der Waals surface area contributed by atoms with E-state index in [0.29, 0.717) is 42.7 Å². The average molecular weight is 481 g/mol. The molecule has 0 saturated heterocycles. The summed E-state index contributed by atoms with van der Waals surface area (Å²) in [6, 6.07) is 7.60. The smallest absolute Gasteiger partial charge is 0.264 e. The van der Waals surface area contributed by atoms with Crippen molar-refractivity contribution in [2.24, 2.45) is 0 Å². The third-order valence-electron chi connectivity index (χ3n) is 5.36. The van der Waals surface area contributed by atoms with Crippen LogP contribution in [-0.2, 0) is 22.9 Å². The molecule has 3 aromatic carbocycles. The van der Waals surface area contributed by atoms with Gasteiger partial charge >= 0.3 is 0 Å². The second-order valence-corrected chi connectivity index (χ2v) is 9.43. The Morgan fingerprint density at radius 3 is 2.21 bits per heavy atom. The van der Waals surface area contributed by atoms with Crippen molar-refractivity contribution in [2.45, 2.75) is 24.2 Å². The van der Waals surface area contributed by atoms with Crippen molar-refractivity contribution in [3.8, 4) is 0 Å². The number of benzene rings is 3. The quantitative estimate of drug-likeness (QED) is 0.383. The highest BCUT2D eigenvalue weighted by Gasteiger charge is 2.30. The number of ketones is 1. The Morgan fingerprint density at radius 1 is 0.848 bits per heavy atom.